The Morgan fingerprint density at radius 1 is 1.21 bits per heavy atom. The van der Waals surface area contributed by atoms with Crippen molar-refractivity contribution in [3.05, 3.63) is 64.1 Å². The van der Waals surface area contributed by atoms with E-state index in [0.717, 1.165) is 21.9 Å². The van der Waals surface area contributed by atoms with E-state index < -0.39 is 17.8 Å². The summed E-state index contributed by atoms with van der Waals surface area (Å²) in [4.78, 5) is 16.3. The van der Waals surface area contributed by atoms with Crippen molar-refractivity contribution in [3.8, 4) is 17.2 Å². The normalized spacial score (nSPS) is 17.6. The fourth-order valence-corrected chi connectivity index (χ4v) is 4.77. The van der Waals surface area contributed by atoms with Gasteiger partial charge in [0.2, 0.25) is 0 Å². The van der Waals surface area contributed by atoms with E-state index >= 15 is 0 Å². The van der Waals surface area contributed by atoms with Gasteiger partial charge in [0.15, 0.2) is 23.2 Å². The third kappa shape index (κ3) is 4.28. The Bertz CT molecular complexity index is 1310. The molecule has 0 spiro atoms. The van der Waals surface area contributed by atoms with Gasteiger partial charge in [-0.2, -0.15) is 0 Å². The van der Waals surface area contributed by atoms with Crippen LogP contribution in [0.4, 0.5) is 0 Å². The summed E-state index contributed by atoms with van der Waals surface area (Å²) in [6.07, 6.45) is 0. The molecule has 176 valence electrons. The van der Waals surface area contributed by atoms with Crippen LogP contribution in [0.5, 0.6) is 17.2 Å². The molecule has 0 saturated carbocycles. The molecule has 4 rings (SSSR count). The van der Waals surface area contributed by atoms with Crippen LogP contribution in [0.3, 0.4) is 0 Å². The number of amidine groups is 1. The van der Waals surface area contributed by atoms with Gasteiger partial charge in [0, 0.05) is 16.9 Å². The van der Waals surface area contributed by atoms with E-state index in [9.17, 15) is 4.79 Å². The smallest absolute Gasteiger partial charge is 0.349 e. The maximum atomic E-state index is 11.5. The Morgan fingerprint density at radius 2 is 1.97 bits per heavy atom. The van der Waals surface area contributed by atoms with Crippen molar-refractivity contribution >= 4 is 56.0 Å². The first-order valence-electron chi connectivity index (χ1n) is 10.2. The highest BCUT2D eigenvalue weighted by Crippen LogP contribution is 2.48. The Balaban J connectivity index is 1.95. The molecule has 1 aliphatic rings. The number of ether oxygens (including phenoxy) is 3. The van der Waals surface area contributed by atoms with E-state index in [0.29, 0.717) is 21.7 Å². The Hall–Kier alpha value is -3.30. The fraction of sp³-hybridized carbons (Fsp3) is 0.208. The second kappa shape index (κ2) is 9.90. The van der Waals surface area contributed by atoms with Crippen LogP contribution in [0.15, 0.2) is 58.2 Å². The highest BCUT2D eigenvalue weighted by Gasteiger charge is 2.41. The summed E-state index contributed by atoms with van der Waals surface area (Å²) in [7, 11) is 3.09. The van der Waals surface area contributed by atoms with Crippen LogP contribution < -0.4 is 19.9 Å². The number of halogens is 2. The number of nitrogens with two attached hydrogens (primary N) is 1. The van der Waals surface area contributed by atoms with Crippen LogP contribution in [0.1, 0.15) is 17.0 Å². The molecule has 1 aliphatic heterocycles. The largest absolute Gasteiger partial charge is 0.493 e. The van der Waals surface area contributed by atoms with E-state index in [4.69, 9.17) is 41.8 Å². The van der Waals surface area contributed by atoms with Crippen molar-refractivity contribution in [2.75, 3.05) is 20.1 Å². The molecule has 3 aromatic carbocycles. The average Bonchev–Trinajstić information content (AvgIpc) is 2.85. The minimum absolute atomic E-state index is 0.0989. The van der Waals surface area contributed by atoms with Gasteiger partial charge in [0.1, 0.15) is 17.5 Å². The molecule has 8 nitrogen and oxygen atoms in total. The molecule has 3 aromatic rings. The molecule has 3 N–H and O–H groups in total. The number of carbonyl (C=O) groups excluding carboxylic acids is 1. The third-order valence-electron chi connectivity index (χ3n) is 5.57. The van der Waals surface area contributed by atoms with Crippen LogP contribution in [0.2, 0.25) is 0 Å². The molecule has 0 aromatic heterocycles. The first-order chi connectivity index (χ1) is 16.4. The molecule has 0 radical (unpaired) electrons. The molecule has 0 bridgehead atoms. The highest BCUT2D eigenvalue weighted by atomic mass is 79.9. The van der Waals surface area contributed by atoms with Crippen LogP contribution in [0.25, 0.3) is 10.8 Å². The molecule has 0 fully saturated rings. The quantitative estimate of drug-likeness (QED) is 0.151. The SMILES string of the molecule is COc1cc(C2c3ccc4ccccc4c3OC(=N)C2C(N)=NOC(=O)CCl)cc(Br)c1OC. The lowest BCUT2D eigenvalue weighted by Crippen LogP contribution is -2.41. The second-order valence-electron chi connectivity index (χ2n) is 7.48. The Labute approximate surface area is 209 Å². The number of oxime groups is 1. The number of benzene rings is 3. The zero-order valence-corrected chi connectivity index (χ0v) is 20.6. The van der Waals surface area contributed by atoms with Crippen LogP contribution in [0, 0.1) is 11.3 Å². The van der Waals surface area contributed by atoms with Gasteiger partial charge in [-0.05, 0) is 39.0 Å². The van der Waals surface area contributed by atoms with E-state index in [1.807, 2.05) is 48.5 Å². The number of methoxy groups -OCH3 is 2. The number of alkyl halides is 1. The number of carbonyl (C=O) groups is 1. The van der Waals surface area contributed by atoms with Crippen molar-refractivity contribution in [2.45, 2.75) is 5.92 Å². The van der Waals surface area contributed by atoms with E-state index in [1.165, 1.54) is 0 Å². The molecule has 34 heavy (non-hydrogen) atoms. The van der Waals surface area contributed by atoms with Gasteiger partial charge in [-0.1, -0.05) is 41.6 Å². The summed E-state index contributed by atoms with van der Waals surface area (Å²) >= 11 is 9.03. The van der Waals surface area contributed by atoms with Crippen molar-refractivity contribution in [1.82, 2.24) is 0 Å². The summed E-state index contributed by atoms with van der Waals surface area (Å²) in [6.45, 7) is 0. The summed E-state index contributed by atoms with van der Waals surface area (Å²) in [5.74, 6) is -1.16. The van der Waals surface area contributed by atoms with Crippen LogP contribution in [-0.4, -0.2) is 37.8 Å². The monoisotopic (exact) mass is 545 g/mol. The predicted molar refractivity (Wildman–Crippen MR) is 133 cm³/mol. The van der Waals surface area contributed by atoms with E-state index in [2.05, 4.69) is 21.1 Å². The first-order valence-corrected chi connectivity index (χ1v) is 11.5. The lowest BCUT2D eigenvalue weighted by Gasteiger charge is -2.34. The fourth-order valence-electron chi connectivity index (χ4n) is 4.10. The molecule has 10 heteroatoms. The van der Waals surface area contributed by atoms with Gasteiger partial charge in [0.25, 0.3) is 0 Å². The minimum Gasteiger partial charge on any atom is -0.493 e. The first kappa shape index (κ1) is 23.8. The van der Waals surface area contributed by atoms with Crippen molar-refractivity contribution in [2.24, 2.45) is 16.8 Å². The topological polar surface area (TPSA) is 116 Å². The lowest BCUT2D eigenvalue weighted by molar-refractivity contribution is -0.140. The number of fused-ring (bicyclic) bond motifs is 3. The van der Waals surface area contributed by atoms with Gasteiger partial charge >= 0.3 is 5.97 Å². The Morgan fingerprint density at radius 3 is 2.68 bits per heavy atom. The zero-order valence-electron chi connectivity index (χ0n) is 18.3. The molecule has 2 atom stereocenters. The number of rotatable bonds is 6. The third-order valence-corrected chi connectivity index (χ3v) is 6.38. The van der Waals surface area contributed by atoms with Gasteiger partial charge in [0.05, 0.1) is 18.7 Å². The van der Waals surface area contributed by atoms with Crippen molar-refractivity contribution in [3.63, 3.8) is 0 Å². The van der Waals surface area contributed by atoms with Gasteiger partial charge in [-0.25, -0.2) is 4.79 Å². The highest BCUT2D eigenvalue weighted by molar-refractivity contribution is 9.10. The Kier molecular flexibility index (Phi) is 6.95. The maximum Gasteiger partial charge on any atom is 0.349 e. The molecular formula is C24H21BrClN3O5. The van der Waals surface area contributed by atoms with Crippen LogP contribution >= 0.6 is 27.5 Å². The predicted octanol–water partition coefficient (Wildman–Crippen LogP) is 4.79. The summed E-state index contributed by atoms with van der Waals surface area (Å²) < 4.78 is 17.6. The van der Waals surface area contributed by atoms with Gasteiger partial charge < -0.3 is 24.8 Å². The molecule has 1 heterocycles. The van der Waals surface area contributed by atoms with E-state index in [-0.39, 0.29) is 17.6 Å². The average molecular weight is 547 g/mol. The van der Waals surface area contributed by atoms with Gasteiger partial charge in [-0.3, -0.25) is 5.41 Å². The van der Waals surface area contributed by atoms with Crippen molar-refractivity contribution in [1.29, 1.82) is 5.41 Å². The number of hydrogen-bond donors (Lipinski definition) is 2. The molecule has 0 aliphatic carbocycles. The van der Waals surface area contributed by atoms with Crippen LogP contribution in [-0.2, 0) is 9.63 Å². The number of hydrogen-bond acceptors (Lipinski definition) is 7. The van der Waals surface area contributed by atoms with Crippen molar-refractivity contribution < 1.29 is 23.8 Å². The molecule has 2 unspecified atom stereocenters. The minimum atomic E-state index is -0.859. The summed E-state index contributed by atoms with van der Waals surface area (Å²) in [5.41, 5.74) is 7.80. The summed E-state index contributed by atoms with van der Waals surface area (Å²) in [6, 6.07) is 15.3. The second-order valence-corrected chi connectivity index (χ2v) is 8.60. The summed E-state index contributed by atoms with van der Waals surface area (Å²) in [5, 5.41) is 14.3. The standard InChI is InChI=1S/C24H21BrClN3O5/c1-31-17-10-13(9-16(25)22(17)32-2)19-15-8-7-12-5-3-4-6-14(12)21(15)33-24(28)20(19)23(27)29-34-18(30)11-26/h3-10,19-20,28H,11H2,1-2H3,(H2,27,29). The number of nitrogens with zero attached hydrogens (tertiary/aromatic N) is 1. The molecular weight excluding hydrogens is 526 g/mol. The lowest BCUT2D eigenvalue weighted by atomic mass is 9.77. The zero-order chi connectivity index (χ0) is 24.4. The molecule has 0 saturated heterocycles. The molecule has 0 amide bonds. The number of nitrogens with one attached hydrogen (secondary N) is 1. The maximum absolute atomic E-state index is 11.5. The van der Waals surface area contributed by atoms with Gasteiger partial charge in [-0.15, -0.1) is 11.6 Å². The van der Waals surface area contributed by atoms with E-state index in [1.54, 1.807) is 14.2 Å².